The van der Waals surface area contributed by atoms with Gasteiger partial charge in [0.25, 0.3) is 0 Å². The molecule has 0 amide bonds. The standard InChI is InChI=1S/C31H24BrNO/c1-20(2)24-11-5-6-15-28(24)33(23-18-17-21-9-3-4-10-22(21)19-23)29-16-8-13-26-25-12-7-14-27(32)30(25)34-31(26)29/h3-20H,1-2H3. The Morgan fingerprint density at radius 3 is 2.15 bits per heavy atom. The van der Waals surface area contributed by atoms with Gasteiger partial charge in [-0.25, -0.2) is 0 Å². The molecule has 1 aromatic heterocycles. The molecule has 6 aromatic rings. The number of furan rings is 1. The molecule has 5 aromatic carbocycles. The number of anilines is 3. The van der Waals surface area contributed by atoms with Gasteiger partial charge in [-0.15, -0.1) is 0 Å². The minimum atomic E-state index is 0.378. The minimum Gasteiger partial charge on any atom is -0.453 e. The summed E-state index contributed by atoms with van der Waals surface area (Å²) in [7, 11) is 0. The lowest BCUT2D eigenvalue weighted by Crippen LogP contribution is -2.13. The first kappa shape index (κ1) is 21.0. The minimum absolute atomic E-state index is 0.378. The lowest BCUT2D eigenvalue weighted by molar-refractivity contribution is 0.667. The molecule has 0 aliphatic heterocycles. The van der Waals surface area contributed by atoms with E-state index in [-0.39, 0.29) is 0 Å². The van der Waals surface area contributed by atoms with E-state index in [2.05, 4.69) is 132 Å². The number of benzene rings is 5. The van der Waals surface area contributed by atoms with Crippen LogP contribution in [0.4, 0.5) is 17.1 Å². The number of nitrogens with zero attached hydrogens (tertiary/aromatic N) is 1. The third-order valence-electron chi connectivity index (χ3n) is 6.49. The van der Waals surface area contributed by atoms with Crippen LogP contribution in [0.15, 0.2) is 112 Å². The lowest BCUT2D eigenvalue weighted by Gasteiger charge is -2.29. The van der Waals surface area contributed by atoms with Crippen molar-refractivity contribution >= 4 is 65.7 Å². The third-order valence-corrected chi connectivity index (χ3v) is 7.11. The van der Waals surface area contributed by atoms with Gasteiger partial charge in [-0.1, -0.05) is 86.6 Å². The van der Waals surface area contributed by atoms with Gasteiger partial charge in [0.1, 0.15) is 5.58 Å². The van der Waals surface area contributed by atoms with E-state index < -0.39 is 0 Å². The van der Waals surface area contributed by atoms with E-state index in [1.165, 1.54) is 22.0 Å². The van der Waals surface area contributed by atoms with Crippen LogP contribution in [0, 0.1) is 0 Å². The Labute approximate surface area is 207 Å². The fraction of sp³-hybridized carbons (Fsp3) is 0.0968. The van der Waals surface area contributed by atoms with Crippen molar-refractivity contribution in [1.29, 1.82) is 0 Å². The Balaban J connectivity index is 1.69. The van der Waals surface area contributed by atoms with Gasteiger partial charge in [0.15, 0.2) is 5.58 Å². The van der Waals surface area contributed by atoms with E-state index in [4.69, 9.17) is 4.42 Å². The van der Waals surface area contributed by atoms with Gasteiger partial charge in [0.2, 0.25) is 0 Å². The van der Waals surface area contributed by atoms with Crippen LogP contribution < -0.4 is 4.90 Å². The van der Waals surface area contributed by atoms with Gasteiger partial charge >= 0.3 is 0 Å². The molecule has 34 heavy (non-hydrogen) atoms. The van der Waals surface area contributed by atoms with Gasteiger partial charge in [-0.2, -0.15) is 0 Å². The first-order chi connectivity index (χ1) is 16.6. The molecule has 0 aliphatic rings. The Kier molecular flexibility index (Phi) is 5.15. The number of para-hydroxylation sites is 3. The van der Waals surface area contributed by atoms with Crippen LogP contribution in [-0.4, -0.2) is 0 Å². The quantitative estimate of drug-likeness (QED) is 0.237. The second kappa shape index (κ2) is 8.34. The Bertz CT molecular complexity index is 1660. The molecule has 0 bridgehead atoms. The van der Waals surface area contributed by atoms with Crippen molar-refractivity contribution in [3.8, 4) is 0 Å². The molecular weight excluding hydrogens is 482 g/mol. The molecule has 0 atom stereocenters. The Morgan fingerprint density at radius 2 is 1.32 bits per heavy atom. The van der Waals surface area contributed by atoms with E-state index in [0.717, 1.165) is 37.8 Å². The van der Waals surface area contributed by atoms with Crippen molar-refractivity contribution in [1.82, 2.24) is 0 Å². The summed E-state index contributed by atoms with van der Waals surface area (Å²) in [5.74, 6) is 0.378. The summed E-state index contributed by atoms with van der Waals surface area (Å²) in [5.41, 5.74) is 6.37. The third kappa shape index (κ3) is 3.39. The van der Waals surface area contributed by atoms with Gasteiger partial charge in [0.05, 0.1) is 10.2 Å². The van der Waals surface area contributed by atoms with Crippen LogP contribution in [0.1, 0.15) is 25.3 Å². The van der Waals surface area contributed by atoms with Crippen LogP contribution in [0.2, 0.25) is 0 Å². The number of fused-ring (bicyclic) bond motifs is 4. The maximum atomic E-state index is 6.54. The molecule has 3 heteroatoms. The van der Waals surface area contributed by atoms with E-state index in [0.29, 0.717) is 5.92 Å². The molecular formula is C31H24BrNO. The van der Waals surface area contributed by atoms with E-state index in [9.17, 15) is 0 Å². The first-order valence-corrected chi connectivity index (χ1v) is 12.4. The maximum absolute atomic E-state index is 6.54. The zero-order valence-electron chi connectivity index (χ0n) is 19.1. The molecule has 0 saturated carbocycles. The maximum Gasteiger partial charge on any atom is 0.159 e. The number of hydrogen-bond acceptors (Lipinski definition) is 2. The zero-order valence-corrected chi connectivity index (χ0v) is 20.7. The fourth-order valence-corrected chi connectivity index (χ4v) is 5.30. The van der Waals surface area contributed by atoms with E-state index in [1.807, 2.05) is 6.07 Å². The highest BCUT2D eigenvalue weighted by Gasteiger charge is 2.22. The Morgan fingerprint density at radius 1 is 0.647 bits per heavy atom. The molecule has 0 aliphatic carbocycles. The fourth-order valence-electron chi connectivity index (χ4n) is 4.85. The molecule has 6 rings (SSSR count). The van der Waals surface area contributed by atoms with Gasteiger partial charge in [0, 0.05) is 22.1 Å². The molecule has 2 nitrogen and oxygen atoms in total. The molecule has 0 unspecified atom stereocenters. The van der Waals surface area contributed by atoms with Gasteiger partial charge < -0.3 is 9.32 Å². The molecule has 0 spiro atoms. The largest absolute Gasteiger partial charge is 0.453 e. The van der Waals surface area contributed by atoms with Crippen molar-refractivity contribution in [3.05, 3.63) is 113 Å². The van der Waals surface area contributed by atoms with Gasteiger partial charge in [-0.3, -0.25) is 0 Å². The lowest BCUT2D eigenvalue weighted by atomic mass is 9.99. The highest BCUT2D eigenvalue weighted by molar-refractivity contribution is 9.10. The summed E-state index contributed by atoms with van der Waals surface area (Å²) in [6, 6.07) is 36.5. The number of hydrogen-bond donors (Lipinski definition) is 0. The van der Waals surface area contributed by atoms with Crippen LogP contribution in [0.3, 0.4) is 0 Å². The number of halogens is 1. The van der Waals surface area contributed by atoms with Crippen LogP contribution in [-0.2, 0) is 0 Å². The second-order valence-electron chi connectivity index (χ2n) is 8.95. The van der Waals surface area contributed by atoms with Crippen molar-refractivity contribution in [2.24, 2.45) is 0 Å². The summed E-state index contributed by atoms with van der Waals surface area (Å²) in [6.07, 6.45) is 0. The van der Waals surface area contributed by atoms with Crippen molar-refractivity contribution in [3.63, 3.8) is 0 Å². The number of rotatable bonds is 4. The Hall–Kier alpha value is -3.56. The van der Waals surface area contributed by atoms with Crippen LogP contribution in [0.25, 0.3) is 32.7 Å². The second-order valence-corrected chi connectivity index (χ2v) is 9.81. The first-order valence-electron chi connectivity index (χ1n) is 11.6. The highest BCUT2D eigenvalue weighted by atomic mass is 79.9. The summed E-state index contributed by atoms with van der Waals surface area (Å²) < 4.78 is 7.50. The molecule has 0 radical (unpaired) electrons. The molecule has 1 heterocycles. The van der Waals surface area contributed by atoms with Gasteiger partial charge in [-0.05, 0) is 68.5 Å². The summed E-state index contributed by atoms with van der Waals surface area (Å²) in [5, 5.41) is 4.67. The molecule has 0 saturated heterocycles. The highest BCUT2D eigenvalue weighted by Crippen LogP contribution is 2.45. The van der Waals surface area contributed by atoms with Crippen molar-refractivity contribution in [2.75, 3.05) is 4.90 Å². The predicted octanol–water partition coefficient (Wildman–Crippen LogP) is 10.1. The van der Waals surface area contributed by atoms with E-state index in [1.54, 1.807) is 0 Å². The van der Waals surface area contributed by atoms with Crippen molar-refractivity contribution in [2.45, 2.75) is 19.8 Å². The average molecular weight is 506 g/mol. The average Bonchev–Trinajstić information content (AvgIpc) is 3.25. The molecule has 166 valence electrons. The zero-order chi connectivity index (χ0) is 23.2. The monoisotopic (exact) mass is 505 g/mol. The topological polar surface area (TPSA) is 16.4 Å². The van der Waals surface area contributed by atoms with Crippen LogP contribution >= 0.6 is 15.9 Å². The molecule has 0 N–H and O–H groups in total. The SMILES string of the molecule is CC(C)c1ccccc1N(c1ccc2ccccc2c1)c1cccc2c1oc1c(Br)cccc12. The predicted molar refractivity (Wildman–Crippen MR) is 148 cm³/mol. The summed E-state index contributed by atoms with van der Waals surface area (Å²) >= 11 is 3.68. The van der Waals surface area contributed by atoms with Crippen molar-refractivity contribution < 1.29 is 4.42 Å². The van der Waals surface area contributed by atoms with Crippen LogP contribution in [0.5, 0.6) is 0 Å². The van der Waals surface area contributed by atoms with E-state index >= 15 is 0 Å². The smallest absolute Gasteiger partial charge is 0.159 e. The summed E-state index contributed by atoms with van der Waals surface area (Å²) in [6.45, 7) is 4.49. The summed E-state index contributed by atoms with van der Waals surface area (Å²) in [4.78, 5) is 2.35. The molecule has 0 fully saturated rings. The normalized spacial score (nSPS) is 11.6.